The summed E-state index contributed by atoms with van der Waals surface area (Å²) in [5.41, 5.74) is 5.89. The quantitative estimate of drug-likeness (QED) is 0.0902. The first-order valence-electron chi connectivity index (χ1n) is 13.5. The van der Waals surface area contributed by atoms with Crippen LogP contribution in [-0.2, 0) is 0 Å². The number of phenolic OH excluding ortho intramolecular Hbond substituents is 1. The van der Waals surface area contributed by atoms with E-state index in [1.54, 1.807) is 0 Å². The van der Waals surface area contributed by atoms with E-state index in [0.29, 0.717) is 5.69 Å². The van der Waals surface area contributed by atoms with Gasteiger partial charge in [-0.3, -0.25) is 20.2 Å². The predicted octanol–water partition coefficient (Wildman–Crippen LogP) is 9.31. The van der Waals surface area contributed by atoms with Gasteiger partial charge in [0.25, 0.3) is 11.4 Å². The van der Waals surface area contributed by atoms with Crippen LogP contribution in [0, 0.1) is 20.2 Å². The number of nitro benzene ring substituents is 2. The second kappa shape index (κ2) is 15.1. The lowest BCUT2D eigenvalue weighted by Crippen LogP contribution is -1.88. The normalized spacial score (nSPS) is 9.91. The summed E-state index contributed by atoms with van der Waals surface area (Å²) in [6, 6.07) is 48.9. The third-order valence-corrected chi connectivity index (χ3v) is 6.44. The van der Waals surface area contributed by atoms with Crippen molar-refractivity contribution < 1.29 is 15.0 Å². The lowest BCUT2D eigenvalue weighted by atomic mass is 10.0. The summed E-state index contributed by atoms with van der Waals surface area (Å²) in [6.07, 6.45) is 0. The summed E-state index contributed by atoms with van der Waals surface area (Å²) in [5, 5.41) is 36.7. The van der Waals surface area contributed by atoms with Gasteiger partial charge in [-0.05, 0) is 68.7 Å². The second-order valence-corrected chi connectivity index (χ2v) is 9.52. The van der Waals surface area contributed by atoms with Crippen molar-refractivity contribution in [2.24, 2.45) is 0 Å². The molecule has 8 heteroatoms. The summed E-state index contributed by atoms with van der Waals surface area (Å²) in [4.78, 5) is 19.1. The van der Waals surface area contributed by atoms with Gasteiger partial charge in [0, 0.05) is 30.0 Å². The van der Waals surface area contributed by atoms with Gasteiger partial charge in [-0.2, -0.15) is 0 Å². The van der Waals surface area contributed by atoms with Crippen LogP contribution in [0.5, 0.6) is 5.75 Å². The van der Waals surface area contributed by atoms with Gasteiger partial charge in [0.05, 0.1) is 9.85 Å². The molecular formula is C36H29N3O5. The largest absolute Gasteiger partial charge is 0.508 e. The number of rotatable bonds is 2. The number of hydrogen-bond donors (Lipinski definition) is 2. The monoisotopic (exact) mass is 583 g/mol. The molecule has 0 amide bonds. The van der Waals surface area contributed by atoms with E-state index < -0.39 is 9.85 Å². The van der Waals surface area contributed by atoms with Crippen LogP contribution in [0.4, 0.5) is 17.1 Å². The number of nitro groups is 2. The van der Waals surface area contributed by atoms with Gasteiger partial charge in [0.15, 0.2) is 0 Å². The first-order valence-corrected chi connectivity index (χ1v) is 13.5. The molecule has 8 nitrogen and oxygen atoms in total. The van der Waals surface area contributed by atoms with Crippen LogP contribution in [0.15, 0.2) is 158 Å². The Hall–Kier alpha value is -6.28. The Bertz CT molecular complexity index is 1770. The molecule has 0 aliphatic rings. The van der Waals surface area contributed by atoms with Gasteiger partial charge < -0.3 is 10.8 Å². The van der Waals surface area contributed by atoms with Crippen LogP contribution in [-0.4, -0.2) is 15.0 Å². The average Bonchev–Trinajstić information content (AvgIpc) is 3.05. The standard InChI is InChI=1S/C14H10.C10H8.C6H6N2O2.C6H5NO3/c1-2-6-12-10-14-8-4-3-7-13(14)9-11(12)5-1;1-2-6-10-8-4-3-7-9(10)5-1;7-5-1-3-6(4-2-5)8(9)10;8-6-3-1-5(2-4-6)7(9)10/h1-10H;1-8H;1-4H,7H2;1-4,8H. The van der Waals surface area contributed by atoms with Gasteiger partial charge in [-0.15, -0.1) is 0 Å². The van der Waals surface area contributed by atoms with Crippen molar-refractivity contribution in [3.8, 4) is 5.75 Å². The lowest BCUT2D eigenvalue weighted by molar-refractivity contribution is -0.385. The van der Waals surface area contributed by atoms with Gasteiger partial charge >= 0.3 is 0 Å². The van der Waals surface area contributed by atoms with Crippen molar-refractivity contribution in [2.75, 3.05) is 5.73 Å². The topological polar surface area (TPSA) is 133 Å². The maximum atomic E-state index is 10.1. The number of hydrogen-bond acceptors (Lipinski definition) is 6. The molecule has 7 aromatic rings. The van der Waals surface area contributed by atoms with Crippen molar-refractivity contribution in [1.82, 2.24) is 0 Å². The Morgan fingerprint density at radius 1 is 0.432 bits per heavy atom. The smallest absolute Gasteiger partial charge is 0.269 e. The first kappa shape index (κ1) is 30.7. The fraction of sp³-hybridized carbons (Fsp3) is 0. The van der Waals surface area contributed by atoms with E-state index >= 15 is 0 Å². The van der Waals surface area contributed by atoms with E-state index in [2.05, 4.69) is 109 Å². The van der Waals surface area contributed by atoms with Crippen LogP contribution < -0.4 is 5.73 Å². The molecule has 0 fully saturated rings. The minimum atomic E-state index is -0.514. The van der Waals surface area contributed by atoms with Gasteiger partial charge in [0.1, 0.15) is 5.75 Å². The summed E-state index contributed by atoms with van der Waals surface area (Å²) >= 11 is 0. The molecule has 7 aromatic carbocycles. The molecule has 0 radical (unpaired) electrons. The van der Waals surface area contributed by atoms with Crippen molar-refractivity contribution in [3.63, 3.8) is 0 Å². The highest BCUT2D eigenvalue weighted by atomic mass is 16.6. The summed E-state index contributed by atoms with van der Waals surface area (Å²) < 4.78 is 0. The molecule has 0 spiro atoms. The highest BCUT2D eigenvalue weighted by molar-refractivity contribution is 5.98. The Kier molecular flexibility index (Phi) is 10.5. The number of phenols is 1. The molecule has 0 saturated carbocycles. The lowest BCUT2D eigenvalue weighted by Gasteiger charge is -2.00. The average molecular weight is 584 g/mol. The fourth-order valence-electron chi connectivity index (χ4n) is 4.19. The van der Waals surface area contributed by atoms with Crippen molar-refractivity contribution in [1.29, 1.82) is 0 Å². The van der Waals surface area contributed by atoms with Crippen molar-refractivity contribution >= 4 is 49.4 Å². The van der Waals surface area contributed by atoms with E-state index in [0.717, 1.165) is 0 Å². The molecule has 218 valence electrons. The molecule has 0 aliphatic carbocycles. The van der Waals surface area contributed by atoms with Gasteiger partial charge in [-0.25, -0.2) is 0 Å². The Morgan fingerprint density at radius 3 is 1.00 bits per heavy atom. The number of nitrogens with two attached hydrogens (primary N) is 1. The number of fused-ring (bicyclic) bond motifs is 3. The van der Waals surface area contributed by atoms with E-state index in [9.17, 15) is 20.2 Å². The molecule has 0 heterocycles. The zero-order valence-electron chi connectivity index (χ0n) is 23.6. The number of nitrogens with zero attached hydrogens (tertiary/aromatic N) is 2. The highest BCUT2D eigenvalue weighted by Crippen LogP contribution is 2.22. The zero-order chi connectivity index (χ0) is 31.3. The van der Waals surface area contributed by atoms with Crippen LogP contribution in [0.1, 0.15) is 0 Å². The maximum Gasteiger partial charge on any atom is 0.269 e. The molecule has 0 aromatic heterocycles. The van der Waals surface area contributed by atoms with Gasteiger partial charge in [-0.1, -0.05) is 97.1 Å². The van der Waals surface area contributed by atoms with Crippen LogP contribution in [0.25, 0.3) is 32.3 Å². The highest BCUT2D eigenvalue weighted by Gasteiger charge is 2.02. The summed E-state index contributed by atoms with van der Waals surface area (Å²) in [5.74, 6) is 0.0330. The number of anilines is 1. The zero-order valence-corrected chi connectivity index (χ0v) is 23.6. The molecule has 3 N–H and O–H groups in total. The molecule has 0 unspecified atom stereocenters. The second-order valence-electron chi connectivity index (χ2n) is 9.52. The van der Waals surface area contributed by atoms with E-state index in [1.165, 1.54) is 80.8 Å². The molecule has 0 atom stereocenters. The Balaban J connectivity index is 0.000000136. The van der Waals surface area contributed by atoms with Crippen LogP contribution in [0.3, 0.4) is 0 Å². The van der Waals surface area contributed by atoms with E-state index in [1.807, 2.05) is 0 Å². The van der Waals surface area contributed by atoms with Crippen LogP contribution in [0.2, 0.25) is 0 Å². The number of aromatic hydroxyl groups is 1. The van der Waals surface area contributed by atoms with Gasteiger partial charge in [0.2, 0.25) is 0 Å². The molecule has 0 bridgehead atoms. The van der Waals surface area contributed by atoms with Crippen molar-refractivity contribution in [3.05, 3.63) is 178 Å². The minimum absolute atomic E-state index is 0.0159. The maximum absolute atomic E-state index is 10.1. The van der Waals surface area contributed by atoms with Crippen LogP contribution >= 0.6 is 0 Å². The molecule has 0 aliphatic heterocycles. The summed E-state index contributed by atoms with van der Waals surface area (Å²) in [6.45, 7) is 0. The number of nitrogen functional groups attached to an aromatic ring is 1. The molecule has 44 heavy (non-hydrogen) atoms. The van der Waals surface area contributed by atoms with E-state index in [4.69, 9.17) is 10.8 Å². The number of benzene rings is 7. The van der Waals surface area contributed by atoms with Crippen molar-refractivity contribution in [2.45, 2.75) is 0 Å². The predicted molar refractivity (Wildman–Crippen MR) is 178 cm³/mol. The Labute approximate surface area is 253 Å². The molecule has 7 rings (SSSR count). The third-order valence-electron chi connectivity index (χ3n) is 6.44. The Morgan fingerprint density at radius 2 is 0.705 bits per heavy atom. The third kappa shape index (κ3) is 8.86. The summed E-state index contributed by atoms with van der Waals surface area (Å²) in [7, 11) is 0. The SMILES string of the molecule is Nc1ccc([N+](=O)[O-])cc1.O=[N+]([O-])c1ccc(O)cc1.c1ccc2cc3ccccc3cc2c1.c1ccc2ccccc2c1. The number of non-ortho nitro benzene ring substituents is 2. The minimum Gasteiger partial charge on any atom is -0.508 e. The van der Waals surface area contributed by atoms with E-state index in [-0.39, 0.29) is 17.1 Å². The molecule has 0 saturated heterocycles. The first-order chi connectivity index (χ1) is 21.3. The molecular weight excluding hydrogens is 554 g/mol. The fourth-order valence-corrected chi connectivity index (χ4v) is 4.19.